The Morgan fingerprint density at radius 1 is 0.875 bits per heavy atom. The molecule has 1 fully saturated rings. The van der Waals surface area contributed by atoms with E-state index in [-0.39, 0.29) is 18.3 Å². The molecule has 0 radical (unpaired) electrons. The first kappa shape index (κ1) is 17.0. The number of amides is 1. The van der Waals surface area contributed by atoms with Gasteiger partial charge in [-0.3, -0.25) is 9.69 Å². The van der Waals surface area contributed by atoms with E-state index in [0.29, 0.717) is 13.1 Å². The van der Waals surface area contributed by atoms with Gasteiger partial charge in [-0.2, -0.15) is 0 Å². The van der Waals surface area contributed by atoms with Crippen LogP contribution in [0.3, 0.4) is 0 Å². The molecule has 24 heavy (non-hydrogen) atoms. The maximum absolute atomic E-state index is 13.0. The second-order valence-electron chi connectivity index (χ2n) is 6.54. The van der Waals surface area contributed by atoms with Crippen LogP contribution in [0.25, 0.3) is 0 Å². The maximum Gasteiger partial charge on any atom is 0.241 e. The van der Waals surface area contributed by atoms with Crippen LogP contribution in [0, 0.1) is 0 Å². The van der Waals surface area contributed by atoms with Crippen LogP contribution in [0.2, 0.25) is 0 Å². The molecule has 2 aromatic rings. The van der Waals surface area contributed by atoms with Crippen molar-refractivity contribution in [3.8, 4) is 0 Å². The number of likely N-dealkylation sites (tertiary alicyclic amines) is 1. The Morgan fingerprint density at radius 3 is 2.25 bits per heavy atom. The molecule has 3 nitrogen and oxygen atoms in total. The number of halogens is 1. The van der Waals surface area contributed by atoms with Crippen LogP contribution in [0.15, 0.2) is 48.5 Å². The predicted octanol–water partition coefficient (Wildman–Crippen LogP) is 3.64. The monoisotopic (exact) mass is 342 g/mol. The summed E-state index contributed by atoms with van der Waals surface area (Å²) in [6.07, 6.45) is 3.33. The molecule has 0 N–H and O–H groups in total. The van der Waals surface area contributed by atoms with E-state index >= 15 is 0 Å². The van der Waals surface area contributed by atoms with Crippen molar-refractivity contribution in [1.82, 2.24) is 4.90 Å². The summed E-state index contributed by atoms with van der Waals surface area (Å²) in [5, 5.41) is 0. The van der Waals surface area contributed by atoms with Gasteiger partial charge in [0.1, 0.15) is 0 Å². The Hall–Kier alpha value is -1.84. The number of carbonyl (C=O) groups is 1. The average Bonchev–Trinajstić information content (AvgIpc) is 3.01. The summed E-state index contributed by atoms with van der Waals surface area (Å²) in [7, 11) is 0. The molecule has 1 saturated heterocycles. The van der Waals surface area contributed by atoms with E-state index < -0.39 is 0 Å². The minimum absolute atomic E-state index is 0. The van der Waals surface area contributed by atoms with Gasteiger partial charge in [0, 0.05) is 5.69 Å². The normalized spacial score (nSPS) is 16.8. The molecule has 0 bridgehead atoms. The van der Waals surface area contributed by atoms with E-state index in [2.05, 4.69) is 47.4 Å². The lowest BCUT2D eigenvalue weighted by atomic mass is 10.0. The molecule has 2 aromatic carbocycles. The zero-order valence-electron chi connectivity index (χ0n) is 13.8. The van der Waals surface area contributed by atoms with Gasteiger partial charge in [0.05, 0.1) is 13.1 Å². The van der Waals surface area contributed by atoms with Crippen LogP contribution in [-0.4, -0.2) is 30.4 Å². The highest BCUT2D eigenvalue weighted by atomic mass is 35.5. The topological polar surface area (TPSA) is 23.6 Å². The van der Waals surface area contributed by atoms with Crippen molar-refractivity contribution in [2.75, 3.05) is 24.5 Å². The largest absolute Gasteiger partial charge is 0.307 e. The van der Waals surface area contributed by atoms with E-state index in [1.807, 2.05) is 11.0 Å². The van der Waals surface area contributed by atoms with Gasteiger partial charge < -0.3 is 4.90 Å². The van der Waals surface area contributed by atoms with Crippen LogP contribution in [0.1, 0.15) is 29.5 Å². The number of benzene rings is 2. The Labute approximate surface area is 149 Å². The summed E-state index contributed by atoms with van der Waals surface area (Å²) in [6, 6.07) is 16.8. The highest BCUT2D eigenvalue weighted by molar-refractivity contribution is 5.96. The molecule has 2 aliphatic rings. The van der Waals surface area contributed by atoms with Gasteiger partial charge in [0.25, 0.3) is 0 Å². The van der Waals surface area contributed by atoms with Gasteiger partial charge in [-0.1, -0.05) is 42.5 Å². The molecule has 0 atom stereocenters. The molecule has 0 aliphatic carbocycles. The molecule has 4 heteroatoms. The Balaban J connectivity index is 0.00000169. The minimum atomic E-state index is 0. The third kappa shape index (κ3) is 3.33. The Morgan fingerprint density at radius 2 is 1.50 bits per heavy atom. The fourth-order valence-electron chi connectivity index (χ4n) is 3.71. The average molecular weight is 343 g/mol. The van der Waals surface area contributed by atoms with Crippen molar-refractivity contribution in [2.24, 2.45) is 0 Å². The summed E-state index contributed by atoms with van der Waals surface area (Å²) in [5.41, 5.74) is 4.91. The second-order valence-corrected chi connectivity index (χ2v) is 6.54. The summed E-state index contributed by atoms with van der Waals surface area (Å²) in [4.78, 5) is 17.2. The van der Waals surface area contributed by atoms with Crippen LogP contribution in [0.5, 0.6) is 0 Å². The first-order valence-electron chi connectivity index (χ1n) is 8.49. The van der Waals surface area contributed by atoms with Crippen LogP contribution < -0.4 is 4.90 Å². The first-order valence-corrected chi connectivity index (χ1v) is 8.49. The number of para-hydroxylation sites is 1. The molecule has 0 unspecified atom stereocenters. The minimum Gasteiger partial charge on any atom is -0.307 e. The highest BCUT2D eigenvalue weighted by Crippen LogP contribution is 2.30. The smallest absolute Gasteiger partial charge is 0.241 e. The molecule has 2 aliphatic heterocycles. The summed E-state index contributed by atoms with van der Waals surface area (Å²) in [6.45, 7) is 3.33. The van der Waals surface area contributed by atoms with Crippen molar-refractivity contribution in [3.63, 3.8) is 0 Å². The van der Waals surface area contributed by atoms with Gasteiger partial charge in [-0.25, -0.2) is 0 Å². The molecule has 2 heterocycles. The number of carbonyl (C=O) groups excluding carboxylic acids is 1. The molecular formula is C20H23ClN2O. The SMILES string of the molecule is Cl.O=C(CN1CCCC1)N1Cc2ccccc2Cc2ccccc21. The summed E-state index contributed by atoms with van der Waals surface area (Å²) < 4.78 is 0. The summed E-state index contributed by atoms with van der Waals surface area (Å²) in [5.74, 6) is 0.219. The van der Waals surface area contributed by atoms with Crippen LogP contribution in [-0.2, 0) is 17.8 Å². The number of hydrogen-bond acceptors (Lipinski definition) is 2. The van der Waals surface area contributed by atoms with Crippen molar-refractivity contribution in [3.05, 3.63) is 65.2 Å². The molecule has 126 valence electrons. The molecule has 0 spiro atoms. The van der Waals surface area contributed by atoms with Crippen molar-refractivity contribution >= 4 is 24.0 Å². The van der Waals surface area contributed by atoms with Gasteiger partial charge >= 0.3 is 0 Å². The standard InChI is InChI=1S/C20H22N2O.ClH/c23-20(15-21-11-5-6-12-21)22-14-18-9-2-1-7-16(18)13-17-8-3-4-10-19(17)22;/h1-4,7-10H,5-6,11-15H2;1H. The Kier molecular flexibility index (Phi) is 5.22. The molecular weight excluding hydrogens is 320 g/mol. The third-order valence-corrected chi connectivity index (χ3v) is 4.97. The van der Waals surface area contributed by atoms with Crippen LogP contribution >= 0.6 is 12.4 Å². The fourth-order valence-corrected chi connectivity index (χ4v) is 3.71. The van der Waals surface area contributed by atoms with Crippen LogP contribution in [0.4, 0.5) is 5.69 Å². The van der Waals surface area contributed by atoms with Gasteiger partial charge in [-0.15, -0.1) is 12.4 Å². The van der Waals surface area contributed by atoms with E-state index in [4.69, 9.17) is 0 Å². The van der Waals surface area contributed by atoms with Gasteiger partial charge in [-0.05, 0) is 55.1 Å². The van der Waals surface area contributed by atoms with Gasteiger partial charge in [0.2, 0.25) is 5.91 Å². The lowest BCUT2D eigenvalue weighted by Crippen LogP contribution is -2.39. The maximum atomic E-state index is 13.0. The first-order chi connectivity index (χ1) is 11.3. The Bertz CT molecular complexity index is 725. The van der Waals surface area contributed by atoms with Crippen molar-refractivity contribution in [2.45, 2.75) is 25.8 Å². The zero-order chi connectivity index (χ0) is 15.6. The quantitative estimate of drug-likeness (QED) is 0.831. The lowest BCUT2D eigenvalue weighted by Gasteiger charge is -2.26. The predicted molar refractivity (Wildman–Crippen MR) is 99.8 cm³/mol. The van der Waals surface area contributed by atoms with E-state index in [1.54, 1.807) is 0 Å². The number of nitrogens with zero attached hydrogens (tertiary/aromatic N) is 2. The van der Waals surface area contributed by atoms with E-state index in [9.17, 15) is 4.79 Å². The van der Waals surface area contributed by atoms with Gasteiger partial charge in [0.15, 0.2) is 0 Å². The highest BCUT2D eigenvalue weighted by Gasteiger charge is 2.25. The lowest BCUT2D eigenvalue weighted by molar-refractivity contribution is -0.119. The number of anilines is 1. The molecule has 1 amide bonds. The fraction of sp³-hybridized carbons (Fsp3) is 0.350. The number of hydrogen-bond donors (Lipinski definition) is 0. The molecule has 0 saturated carbocycles. The van der Waals surface area contributed by atoms with Crippen molar-refractivity contribution in [1.29, 1.82) is 0 Å². The summed E-state index contributed by atoms with van der Waals surface area (Å²) >= 11 is 0. The van der Waals surface area contributed by atoms with E-state index in [1.165, 1.54) is 29.5 Å². The van der Waals surface area contributed by atoms with Crippen molar-refractivity contribution < 1.29 is 4.79 Å². The second kappa shape index (κ2) is 7.37. The zero-order valence-corrected chi connectivity index (χ0v) is 14.6. The molecule has 4 rings (SSSR count). The van der Waals surface area contributed by atoms with E-state index in [0.717, 1.165) is 25.2 Å². The molecule has 0 aromatic heterocycles. The number of fused-ring (bicyclic) bond motifs is 2. The number of rotatable bonds is 2. The third-order valence-electron chi connectivity index (χ3n) is 4.97.